The summed E-state index contributed by atoms with van der Waals surface area (Å²) in [5.41, 5.74) is 3.07. The summed E-state index contributed by atoms with van der Waals surface area (Å²) >= 11 is 8.86. The second-order valence-electron chi connectivity index (χ2n) is 8.23. The number of amides is 1. The number of thioether (sulfide) groups is 1. The number of nitrogens with zero attached hydrogens (tertiary/aromatic N) is 3. The van der Waals surface area contributed by atoms with E-state index in [1.165, 1.54) is 34.3 Å². The van der Waals surface area contributed by atoms with Crippen LogP contribution in [0.5, 0.6) is 0 Å². The molecule has 3 heterocycles. The first-order chi connectivity index (χ1) is 17.3. The van der Waals surface area contributed by atoms with Crippen LogP contribution in [0.4, 0.5) is 5.13 Å². The first kappa shape index (κ1) is 24.3. The highest BCUT2D eigenvalue weighted by molar-refractivity contribution is 8.00. The number of furan rings is 1. The summed E-state index contributed by atoms with van der Waals surface area (Å²) in [6.07, 6.45) is 1.46. The molecule has 182 valence electrons. The lowest BCUT2D eigenvalue weighted by atomic mass is 9.96. The van der Waals surface area contributed by atoms with Crippen molar-refractivity contribution in [1.82, 2.24) is 10.2 Å². The number of carbonyl (C=O) groups is 2. The number of rotatable bonds is 6. The Morgan fingerprint density at radius 2 is 1.94 bits per heavy atom. The van der Waals surface area contributed by atoms with Crippen molar-refractivity contribution < 1.29 is 19.1 Å². The molecule has 0 radical (unpaired) electrons. The van der Waals surface area contributed by atoms with Crippen molar-refractivity contribution in [3.63, 3.8) is 0 Å². The fourth-order valence-corrected chi connectivity index (χ4v) is 6.15. The minimum Gasteiger partial charge on any atom is -0.507 e. The normalized spacial score (nSPS) is 17.2. The monoisotopic (exact) mass is 537 g/mol. The topological polar surface area (TPSA) is 96.5 Å². The second kappa shape index (κ2) is 9.93. The number of hydrogen-bond acceptors (Lipinski definition) is 8. The molecule has 0 spiro atoms. The highest BCUT2D eigenvalue weighted by Gasteiger charge is 2.49. The predicted octanol–water partition coefficient (Wildman–Crippen LogP) is 6.32. The zero-order valence-electron chi connectivity index (χ0n) is 19.3. The zero-order valence-corrected chi connectivity index (χ0v) is 21.7. The highest BCUT2D eigenvalue weighted by Crippen LogP contribution is 2.44. The Morgan fingerprint density at radius 3 is 2.69 bits per heavy atom. The van der Waals surface area contributed by atoms with E-state index in [1.54, 1.807) is 18.2 Å². The van der Waals surface area contributed by atoms with E-state index in [4.69, 9.17) is 16.0 Å². The van der Waals surface area contributed by atoms with E-state index in [-0.39, 0.29) is 16.5 Å². The average molecular weight is 538 g/mol. The Hall–Kier alpha value is -3.40. The predicted molar refractivity (Wildman–Crippen MR) is 140 cm³/mol. The van der Waals surface area contributed by atoms with Crippen molar-refractivity contribution in [3.05, 3.63) is 99.5 Å². The summed E-state index contributed by atoms with van der Waals surface area (Å²) in [5.74, 6) is -0.961. The van der Waals surface area contributed by atoms with Crippen molar-refractivity contribution in [3.8, 4) is 0 Å². The lowest BCUT2D eigenvalue weighted by molar-refractivity contribution is -0.132. The number of Topliss-reactive ketones (excluding diaryl/α,β-unsaturated/α-hetero) is 1. The van der Waals surface area contributed by atoms with E-state index >= 15 is 0 Å². The van der Waals surface area contributed by atoms with Crippen molar-refractivity contribution in [2.75, 3.05) is 4.90 Å². The maximum absolute atomic E-state index is 13.2. The fourth-order valence-electron chi connectivity index (χ4n) is 4.00. The standard InChI is InChI=1S/C26H20ClN3O4S2/c1-14-9-10-15(2)17(12-14)22(31)20-21(19-8-5-11-34-19)30(24(33)23(20)32)25-28-29-26(36-25)35-13-16-6-3-4-7-18(16)27/h3-12,21,31H,13H2,1-2H3. The van der Waals surface area contributed by atoms with Gasteiger partial charge in [0.15, 0.2) is 4.34 Å². The summed E-state index contributed by atoms with van der Waals surface area (Å²) in [6.45, 7) is 3.72. The van der Waals surface area contributed by atoms with Gasteiger partial charge in [-0.05, 0) is 49.2 Å². The van der Waals surface area contributed by atoms with Crippen molar-refractivity contribution in [2.24, 2.45) is 0 Å². The third-order valence-electron chi connectivity index (χ3n) is 5.82. The Bertz CT molecular complexity index is 1500. The lowest BCUT2D eigenvalue weighted by Crippen LogP contribution is -2.29. The zero-order chi connectivity index (χ0) is 25.4. The quantitative estimate of drug-likeness (QED) is 0.101. The van der Waals surface area contributed by atoms with Crippen LogP contribution in [0, 0.1) is 13.8 Å². The van der Waals surface area contributed by atoms with E-state index in [2.05, 4.69) is 10.2 Å². The number of aliphatic hydroxyl groups is 1. The molecule has 5 rings (SSSR count). The maximum atomic E-state index is 13.2. The van der Waals surface area contributed by atoms with E-state index < -0.39 is 17.7 Å². The number of ketones is 1. The van der Waals surface area contributed by atoms with E-state index in [9.17, 15) is 14.7 Å². The Morgan fingerprint density at radius 1 is 1.14 bits per heavy atom. The van der Waals surface area contributed by atoms with Crippen LogP contribution in [-0.4, -0.2) is 27.0 Å². The largest absolute Gasteiger partial charge is 0.507 e. The summed E-state index contributed by atoms with van der Waals surface area (Å²) in [6, 6.07) is 15.4. The van der Waals surface area contributed by atoms with Gasteiger partial charge in [0.05, 0.1) is 11.8 Å². The van der Waals surface area contributed by atoms with E-state index in [0.717, 1.165) is 16.7 Å². The molecule has 0 saturated carbocycles. The van der Waals surface area contributed by atoms with Crippen LogP contribution in [0.3, 0.4) is 0 Å². The van der Waals surface area contributed by atoms with Crippen LogP contribution in [0.1, 0.15) is 34.1 Å². The Kier molecular flexibility index (Phi) is 6.70. The molecule has 1 aliphatic rings. The van der Waals surface area contributed by atoms with E-state index in [0.29, 0.717) is 26.4 Å². The van der Waals surface area contributed by atoms with Crippen molar-refractivity contribution in [1.29, 1.82) is 0 Å². The average Bonchev–Trinajstić information content (AvgIpc) is 3.61. The van der Waals surface area contributed by atoms with Crippen molar-refractivity contribution in [2.45, 2.75) is 30.0 Å². The molecule has 10 heteroatoms. The number of anilines is 1. The molecule has 0 aliphatic carbocycles. The number of halogens is 1. The van der Waals surface area contributed by atoms with Crippen LogP contribution in [-0.2, 0) is 15.3 Å². The van der Waals surface area contributed by atoms with Crippen LogP contribution in [0.15, 0.2) is 75.2 Å². The van der Waals surface area contributed by atoms with Gasteiger partial charge in [-0.3, -0.25) is 14.5 Å². The van der Waals surface area contributed by atoms with Gasteiger partial charge in [0.1, 0.15) is 17.6 Å². The molecule has 4 aromatic rings. The molecule has 1 fully saturated rings. The second-order valence-corrected chi connectivity index (χ2v) is 10.8. The van der Waals surface area contributed by atoms with Gasteiger partial charge in [-0.2, -0.15) is 0 Å². The maximum Gasteiger partial charge on any atom is 0.302 e. The van der Waals surface area contributed by atoms with Gasteiger partial charge in [0.2, 0.25) is 5.13 Å². The minimum absolute atomic E-state index is 0.0517. The number of benzene rings is 2. The lowest BCUT2D eigenvalue weighted by Gasteiger charge is -2.20. The molecule has 1 unspecified atom stereocenters. The Labute approximate surface area is 220 Å². The molecular formula is C26H20ClN3O4S2. The van der Waals surface area contributed by atoms with Crippen LogP contribution >= 0.6 is 34.7 Å². The highest BCUT2D eigenvalue weighted by atomic mass is 35.5. The Balaban J connectivity index is 1.53. The first-order valence-electron chi connectivity index (χ1n) is 11.0. The molecule has 2 aromatic heterocycles. The molecule has 1 atom stereocenters. The fraction of sp³-hybridized carbons (Fsp3) is 0.154. The van der Waals surface area contributed by atoms with Gasteiger partial charge in [-0.15, -0.1) is 10.2 Å². The number of aryl methyl sites for hydroxylation is 2. The van der Waals surface area contributed by atoms with Crippen LogP contribution < -0.4 is 4.90 Å². The molecule has 0 bridgehead atoms. The summed E-state index contributed by atoms with van der Waals surface area (Å²) in [4.78, 5) is 27.7. The van der Waals surface area contributed by atoms with E-state index in [1.807, 2.05) is 50.2 Å². The molecule has 1 amide bonds. The number of aromatic nitrogens is 2. The number of hydrogen-bond donors (Lipinski definition) is 1. The van der Waals surface area contributed by atoms with Gasteiger partial charge in [-0.25, -0.2) is 0 Å². The summed E-state index contributed by atoms with van der Waals surface area (Å²) < 4.78 is 6.22. The van der Waals surface area contributed by atoms with Crippen LogP contribution in [0.2, 0.25) is 5.02 Å². The van der Waals surface area contributed by atoms with Gasteiger partial charge in [0.25, 0.3) is 5.78 Å². The molecule has 36 heavy (non-hydrogen) atoms. The van der Waals surface area contributed by atoms with Crippen molar-refractivity contribution >= 4 is 57.3 Å². The first-order valence-corrected chi connectivity index (χ1v) is 13.1. The van der Waals surface area contributed by atoms with Crippen LogP contribution in [0.25, 0.3) is 5.76 Å². The minimum atomic E-state index is -0.978. The van der Waals surface area contributed by atoms with Gasteiger partial charge >= 0.3 is 5.91 Å². The third kappa shape index (κ3) is 4.45. The summed E-state index contributed by atoms with van der Waals surface area (Å²) in [5, 5.41) is 20.6. The molecule has 2 aromatic carbocycles. The number of carbonyl (C=O) groups excluding carboxylic acids is 2. The molecule has 1 aliphatic heterocycles. The molecule has 7 nitrogen and oxygen atoms in total. The SMILES string of the molecule is Cc1ccc(C)c(C(O)=C2C(=O)C(=O)N(c3nnc(SCc4ccccc4Cl)s3)C2c2ccco2)c1. The van der Waals surface area contributed by atoms with Gasteiger partial charge in [-0.1, -0.05) is 70.6 Å². The van der Waals surface area contributed by atoms with Gasteiger partial charge in [0, 0.05) is 16.3 Å². The third-order valence-corrected chi connectivity index (χ3v) is 8.29. The smallest absolute Gasteiger partial charge is 0.302 e. The molecular weight excluding hydrogens is 518 g/mol. The molecule has 1 N–H and O–H groups in total. The molecule has 1 saturated heterocycles. The summed E-state index contributed by atoms with van der Waals surface area (Å²) in [7, 11) is 0. The van der Waals surface area contributed by atoms with Gasteiger partial charge < -0.3 is 9.52 Å². The number of aliphatic hydroxyl groups excluding tert-OH is 1.